The zero-order chi connectivity index (χ0) is 15.2. The fraction of sp³-hybridized carbons (Fsp3) is 0.867. The summed E-state index contributed by atoms with van der Waals surface area (Å²) in [5.74, 6) is 0.162. The minimum Gasteiger partial charge on any atom is -0.378 e. The van der Waals surface area contributed by atoms with Crippen molar-refractivity contribution in [3.05, 3.63) is 0 Å². The van der Waals surface area contributed by atoms with Gasteiger partial charge in [-0.1, -0.05) is 12.8 Å². The summed E-state index contributed by atoms with van der Waals surface area (Å²) < 4.78 is 5.23. The Kier molecular flexibility index (Phi) is 8.14. The summed E-state index contributed by atoms with van der Waals surface area (Å²) in [5, 5.41) is 2.82. The van der Waals surface area contributed by atoms with Gasteiger partial charge in [-0.2, -0.15) is 0 Å². The van der Waals surface area contributed by atoms with Gasteiger partial charge in [0, 0.05) is 25.6 Å². The first kappa shape index (κ1) is 19.2. The smallest absolute Gasteiger partial charge is 0.245 e. The van der Waals surface area contributed by atoms with Gasteiger partial charge in [0.15, 0.2) is 0 Å². The third-order valence-corrected chi connectivity index (χ3v) is 4.49. The van der Waals surface area contributed by atoms with E-state index in [9.17, 15) is 9.59 Å². The molecule has 0 aromatic carbocycles. The fourth-order valence-corrected chi connectivity index (χ4v) is 3.15. The van der Waals surface area contributed by atoms with Crippen molar-refractivity contribution in [2.75, 3.05) is 26.3 Å². The topological polar surface area (TPSA) is 84.7 Å². The number of hydrogen-bond donors (Lipinski definition) is 2. The second kappa shape index (κ2) is 9.33. The van der Waals surface area contributed by atoms with E-state index in [1.54, 1.807) is 11.8 Å². The van der Waals surface area contributed by atoms with Crippen LogP contribution in [0.2, 0.25) is 0 Å². The Bertz CT molecular complexity index is 375. The van der Waals surface area contributed by atoms with Crippen LogP contribution in [0.4, 0.5) is 0 Å². The highest BCUT2D eigenvalue weighted by molar-refractivity contribution is 5.87. The molecule has 0 aromatic heterocycles. The number of carbonyl (C=O) groups excluding carboxylic acids is 2. The van der Waals surface area contributed by atoms with Gasteiger partial charge in [-0.05, 0) is 25.7 Å². The van der Waals surface area contributed by atoms with Crippen LogP contribution in [-0.4, -0.2) is 55.1 Å². The quantitative estimate of drug-likeness (QED) is 0.792. The second-order valence-electron chi connectivity index (χ2n) is 6.14. The van der Waals surface area contributed by atoms with Crippen molar-refractivity contribution in [3.63, 3.8) is 0 Å². The molecular formula is C15H28ClN3O3. The predicted molar refractivity (Wildman–Crippen MR) is 86.8 cm³/mol. The lowest BCUT2D eigenvalue weighted by molar-refractivity contribution is -0.139. The van der Waals surface area contributed by atoms with Crippen molar-refractivity contribution in [1.82, 2.24) is 10.2 Å². The maximum absolute atomic E-state index is 12.2. The van der Waals surface area contributed by atoms with Crippen LogP contribution in [0.25, 0.3) is 0 Å². The van der Waals surface area contributed by atoms with E-state index >= 15 is 0 Å². The van der Waals surface area contributed by atoms with Crippen LogP contribution in [0.15, 0.2) is 0 Å². The number of morpholine rings is 1. The lowest BCUT2D eigenvalue weighted by Gasteiger charge is -2.30. The van der Waals surface area contributed by atoms with Gasteiger partial charge in [0.05, 0.1) is 13.2 Å². The van der Waals surface area contributed by atoms with E-state index in [0.29, 0.717) is 32.7 Å². The molecule has 22 heavy (non-hydrogen) atoms. The van der Waals surface area contributed by atoms with Gasteiger partial charge in [0.1, 0.15) is 6.04 Å². The maximum atomic E-state index is 12.2. The van der Waals surface area contributed by atoms with Crippen molar-refractivity contribution >= 4 is 24.2 Å². The molecule has 128 valence electrons. The Labute approximate surface area is 138 Å². The highest BCUT2D eigenvalue weighted by atomic mass is 35.5. The molecule has 0 spiro atoms. The van der Waals surface area contributed by atoms with E-state index in [1.165, 1.54) is 0 Å². The molecule has 1 saturated carbocycles. The lowest BCUT2D eigenvalue weighted by atomic mass is 9.83. The zero-order valence-corrected chi connectivity index (χ0v) is 14.1. The van der Waals surface area contributed by atoms with Gasteiger partial charge in [-0.25, -0.2) is 0 Å². The first-order chi connectivity index (χ1) is 10.1. The molecule has 1 saturated heterocycles. The van der Waals surface area contributed by atoms with Crippen LogP contribution in [0.3, 0.4) is 0 Å². The number of hydrogen-bond acceptors (Lipinski definition) is 4. The van der Waals surface area contributed by atoms with Gasteiger partial charge < -0.3 is 20.7 Å². The third kappa shape index (κ3) is 5.41. The van der Waals surface area contributed by atoms with E-state index in [2.05, 4.69) is 5.32 Å². The molecule has 3 N–H and O–H groups in total. The van der Waals surface area contributed by atoms with E-state index in [1.807, 2.05) is 0 Å². The van der Waals surface area contributed by atoms with Crippen LogP contribution < -0.4 is 11.1 Å². The number of rotatable bonds is 4. The molecule has 3 unspecified atom stereocenters. The van der Waals surface area contributed by atoms with Gasteiger partial charge in [-0.3, -0.25) is 9.59 Å². The minimum atomic E-state index is -0.476. The third-order valence-electron chi connectivity index (χ3n) is 4.49. The van der Waals surface area contributed by atoms with Crippen molar-refractivity contribution in [2.45, 2.75) is 51.1 Å². The van der Waals surface area contributed by atoms with Crippen LogP contribution in [0.5, 0.6) is 0 Å². The number of ether oxygens (including phenoxy) is 1. The molecule has 6 nitrogen and oxygen atoms in total. The Morgan fingerprint density at radius 1 is 1.27 bits per heavy atom. The average Bonchev–Trinajstić information content (AvgIpc) is 2.49. The maximum Gasteiger partial charge on any atom is 0.245 e. The van der Waals surface area contributed by atoms with Crippen LogP contribution in [0, 0.1) is 5.92 Å². The number of nitrogens with zero attached hydrogens (tertiary/aromatic N) is 1. The molecule has 1 aliphatic heterocycles. The fourth-order valence-electron chi connectivity index (χ4n) is 3.15. The molecule has 2 amide bonds. The molecule has 3 atom stereocenters. The Morgan fingerprint density at radius 3 is 2.55 bits per heavy atom. The summed E-state index contributed by atoms with van der Waals surface area (Å²) in [5.41, 5.74) is 6.07. The van der Waals surface area contributed by atoms with Crippen molar-refractivity contribution in [3.8, 4) is 0 Å². The van der Waals surface area contributed by atoms with Crippen LogP contribution in [-0.2, 0) is 14.3 Å². The predicted octanol–water partition coefficient (Wildman–Crippen LogP) is 0.679. The van der Waals surface area contributed by atoms with Gasteiger partial charge >= 0.3 is 0 Å². The number of carbonyl (C=O) groups is 2. The van der Waals surface area contributed by atoms with Crippen molar-refractivity contribution in [2.24, 2.45) is 11.7 Å². The van der Waals surface area contributed by atoms with Gasteiger partial charge in [0.25, 0.3) is 0 Å². The summed E-state index contributed by atoms with van der Waals surface area (Å²) in [7, 11) is 0. The summed E-state index contributed by atoms with van der Waals surface area (Å²) in [6.45, 7) is 4.10. The zero-order valence-electron chi connectivity index (χ0n) is 13.3. The van der Waals surface area contributed by atoms with Gasteiger partial charge in [-0.15, -0.1) is 12.4 Å². The van der Waals surface area contributed by atoms with Crippen molar-refractivity contribution < 1.29 is 14.3 Å². The largest absolute Gasteiger partial charge is 0.378 e. The molecular weight excluding hydrogens is 306 g/mol. The molecule has 7 heteroatoms. The van der Waals surface area contributed by atoms with E-state index in [0.717, 1.165) is 25.7 Å². The Hall–Kier alpha value is -0.850. The molecule has 0 radical (unpaired) electrons. The first-order valence-corrected chi connectivity index (χ1v) is 7.99. The monoisotopic (exact) mass is 333 g/mol. The van der Waals surface area contributed by atoms with Crippen molar-refractivity contribution in [1.29, 1.82) is 0 Å². The van der Waals surface area contributed by atoms with Gasteiger partial charge in [0.2, 0.25) is 11.8 Å². The SMILES string of the molecule is CC(NC(=O)CC1CCCCC1N)C(=O)N1CCOCC1.Cl. The molecule has 0 bridgehead atoms. The Morgan fingerprint density at radius 2 is 1.91 bits per heavy atom. The molecule has 1 heterocycles. The highest BCUT2D eigenvalue weighted by Crippen LogP contribution is 2.25. The van der Waals surface area contributed by atoms with E-state index in [4.69, 9.17) is 10.5 Å². The minimum absolute atomic E-state index is 0. The molecule has 0 aromatic rings. The van der Waals surface area contributed by atoms with Crippen LogP contribution in [0.1, 0.15) is 39.0 Å². The summed E-state index contributed by atoms with van der Waals surface area (Å²) in [4.78, 5) is 26.1. The summed E-state index contributed by atoms with van der Waals surface area (Å²) in [6, 6.07) is -0.356. The summed E-state index contributed by atoms with van der Waals surface area (Å²) in [6.07, 6.45) is 4.75. The molecule has 2 fully saturated rings. The molecule has 1 aliphatic carbocycles. The van der Waals surface area contributed by atoms with Crippen LogP contribution >= 0.6 is 12.4 Å². The first-order valence-electron chi connectivity index (χ1n) is 7.99. The molecule has 2 rings (SSSR count). The average molecular weight is 334 g/mol. The molecule has 2 aliphatic rings. The number of halogens is 1. The number of amides is 2. The second-order valence-corrected chi connectivity index (χ2v) is 6.14. The standard InChI is InChI=1S/C15H27N3O3.ClH/c1-11(15(20)18-6-8-21-9-7-18)17-14(19)10-12-4-2-3-5-13(12)16;/h11-13H,2-10,16H2,1H3,(H,17,19);1H. The van der Waals surface area contributed by atoms with E-state index in [-0.39, 0.29) is 36.2 Å². The Balaban J connectivity index is 0.00000242. The highest BCUT2D eigenvalue weighted by Gasteiger charge is 2.27. The number of nitrogens with one attached hydrogen (secondary N) is 1. The number of nitrogens with two attached hydrogens (primary N) is 1. The normalized spacial score (nSPS) is 26.7. The lowest BCUT2D eigenvalue weighted by Crippen LogP contribution is -2.51. The van der Waals surface area contributed by atoms with E-state index < -0.39 is 6.04 Å². The summed E-state index contributed by atoms with van der Waals surface area (Å²) >= 11 is 0.